The van der Waals surface area contributed by atoms with Gasteiger partial charge in [0.1, 0.15) is 23.3 Å². The van der Waals surface area contributed by atoms with Gasteiger partial charge in [-0.25, -0.2) is 13.2 Å². The number of hydrogen-bond donors (Lipinski definition) is 1. The second-order valence-electron chi connectivity index (χ2n) is 4.89. The minimum Gasteiger partial charge on any atom is -0.324 e. The molecule has 0 bridgehead atoms. The minimum atomic E-state index is -1.01. The van der Waals surface area contributed by atoms with Gasteiger partial charge in [0, 0.05) is 18.7 Å². The topological polar surface area (TPSA) is 56.7 Å². The first-order chi connectivity index (χ1) is 9.43. The molecule has 0 spiro atoms. The molecule has 20 heavy (non-hydrogen) atoms. The highest BCUT2D eigenvalue weighted by atomic mass is 19.1. The zero-order chi connectivity index (χ0) is 14.9. The molecule has 1 heterocycles. The smallest absolute Gasteiger partial charge is 0.169 e. The predicted molar refractivity (Wildman–Crippen MR) is 68.1 cm³/mol. The Morgan fingerprint density at radius 1 is 1.15 bits per heavy atom. The third kappa shape index (κ3) is 2.67. The Hall–Kier alpha value is -1.89. The van der Waals surface area contributed by atoms with Gasteiger partial charge in [-0.3, -0.25) is 0 Å². The van der Waals surface area contributed by atoms with Crippen molar-refractivity contribution in [3.63, 3.8) is 0 Å². The van der Waals surface area contributed by atoms with Crippen molar-refractivity contribution in [1.82, 2.24) is 14.8 Å². The average Bonchev–Trinajstić information content (AvgIpc) is 2.70. The Labute approximate surface area is 114 Å². The summed E-state index contributed by atoms with van der Waals surface area (Å²) in [7, 11) is 0. The zero-order valence-electron chi connectivity index (χ0n) is 11.2. The van der Waals surface area contributed by atoms with Gasteiger partial charge in [-0.2, -0.15) is 0 Å². The van der Waals surface area contributed by atoms with Crippen molar-refractivity contribution in [2.24, 2.45) is 11.7 Å². The predicted octanol–water partition coefficient (Wildman–Crippen LogP) is 2.48. The van der Waals surface area contributed by atoms with E-state index < -0.39 is 17.5 Å². The molecule has 2 rings (SSSR count). The number of aromatic nitrogens is 3. The van der Waals surface area contributed by atoms with Gasteiger partial charge in [-0.05, 0) is 5.92 Å². The van der Waals surface area contributed by atoms with Crippen LogP contribution in [-0.2, 0) is 13.1 Å². The summed E-state index contributed by atoms with van der Waals surface area (Å²) in [4.78, 5) is 0. The molecule has 0 aliphatic heterocycles. The van der Waals surface area contributed by atoms with Crippen LogP contribution in [0.15, 0.2) is 12.1 Å². The lowest BCUT2D eigenvalue weighted by atomic mass is 10.1. The van der Waals surface area contributed by atoms with Crippen molar-refractivity contribution in [3.8, 4) is 11.4 Å². The highest BCUT2D eigenvalue weighted by molar-refractivity contribution is 5.57. The van der Waals surface area contributed by atoms with Crippen molar-refractivity contribution in [2.45, 2.75) is 26.9 Å². The van der Waals surface area contributed by atoms with Crippen LogP contribution in [-0.4, -0.2) is 14.8 Å². The second-order valence-corrected chi connectivity index (χ2v) is 4.89. The van der Waals surface area contributed by atoms with Crippen molar-refractivity contribution in [2.75, 3.05) is 0 Å². The zero-order valence-corrected chi connectivity index (χ0v) is 11.2. The number of halogens is 3. The molecule has 2 N–H and O–H groups in total. The summed E-state index contributed by atoms with van der Waals surface area (Å²) in [6, 6.07) is 1.24. The third-order valence-corrected chi connectivity index (χ3v) is 2.79. The highest BCUT2D eigenvalue weighted by Crippen LogP contribution is 2.26. The summed E-state index contributed by atoms with van der Waals surface area (Å²) >= 11 is 0. The van der Waals surface area contributed by atoms with E-state index in [0.717, 1.165) is 0 Å². The van der Waals surface area contributed by atoms with Crippen LogP contribution >= 0.6 is 0 Å². The van der Waals surface area contributed by atoms with Crippen LogP contribution in [0.4, 0.5) is 13.2 Å². The molecule has 7 heteroatoms. The summed E-state index contributed by atoms with van der Waals surface area (Å²) in [5.41, 5.74) is 5.16. The molecule has 0 saturated carbocycles. The molecule has 0 atom stereocenters. The average molecular weight is 284 g/mol. The van der Waals surface area contributed by atoms with Crippen LogP contribution in [0.25, 0.3) is 11.4 Å². The van der Waals surface area contributed by atoms with Crippen LogP contribution < -0.4 is 5.73 Å². The van der Waals surface area contributed by atoms with Crippen LogP contribution in [0, 0.1) is 23.4 Å². The summed E-state index contributed by atoms with van der Waals surface area (Å²) in [6.07, 6.45) is 0. The summed E-state index contributed by atoms with van der Waals surface area (Å²) in [5.74, 6) is -2.34. The van der Waals surface area contributed by atoms with Gasteiger partial charge in [0.05, 0.1) is 12.1 Å². The first-order valence-corrected chi connectivity index (χ1v) is 6.21. The van der Waals surface area contributed by atoms with Gasteiger partial charge in [-0.1, -0.05) is 13.8 Å². The van der Waals surface area contributed by atoms with Crippen molar-refractivity contribution in [1.29, 1.82) is 0 Å². The maximum Gasteiger partial charge on any atom is 0.169 e. The van der Waals surface area contributed by atoms with Gasteiger partial charge in [0.15, 0.2) is 5.82 Å². The van der Waals surface area contributed by atoms with E-state index in [1.165, 1.54) is 0 Å². The normalized spacial score (nSPS) is 11.3. The lowest BCUT2D eigenvalue weighted by Gasteiger charge is -2.13. The first-order valence-electron chi connectivity index (χ1n) is 6.21. The van der Waals surface area contributed by atoms with Gasteiger partial charge in [-0.15, -0.1) is 10.2 Å². The number of hydrogen-bond acceptors (Lipinski definition) is 3. The van der Waals surface area contributed by atoms with Gasteiger partial charge < -0.3 is 10.3 Å². The van der Waals surface area contributed by atoms with E-state index in [1.807, 2.05) is 13.8 Å². The minimum absolute atomic E-state index is 0.0224. The van der Waals surface area contributed by atoms with E-state index in [-0.39, 0.29) is 23.9 Å². The van der Waals surface area contributed by atoms with Gasteiger partial charge >= 0.3 is 0 Å². The molecule has 0 unspecified atom stereocenters. The second kappa shape index (κ2) is 5.62. The summed E-state index contributed by atoms with van der Waals surface area (Å²) in [5, 5.41) is 7.62. The molecule has 0 aliphatic carbocycles. The molecule has 1 aromatic carbocycles. The maximum atomic E-state index is 13.8. The molecule has 0 aliphatic rings. The van der Waals surface area contributed by atoms with E-state index in [9.17, 15) is 13.2 Å². The Bertz CT molecular complexity index is 599. The summed E-state index contributed by atoms with van der Waals surface area (Å²) < 4.78 is 42.2. The molecule has 0 saturated heterocycles. The molecule has 0 radical (unpaired) electrons. The first kappa shape index (κ1) is 14.5. The largest absolute Gasteiger partial charge is 0.324 e. The fourth-order valence-corrected chi connectivity index (χ4v) is 1.98. The van der Waals surface area contributed by atoms with Gasteiger partial charge in [0.2, 0.25) is 0 Å². The number of rotatable bonds is 4. The number of nitrogens with two attached hydrogens (primary N) is 1. The third-order valence-electron chi connectivity index (χ3n) is 2.79. The van der Waals surface area contributed by atoms with Crippen molar-refractivity contribution in [3.05, 3.63) is 35.4 Å². The Balaban J connectivity index is 2.61. The number of benzene rings is 1. The lowest BCUT2D eigenvalue weighted by molar-refractivity contribution is 0.504. The molecular weight excluding hydrogens is 269 g/mol. The van der Waals surface area contributed by atoms with Crippen LogP contribution in [0.3, 0.4) is 0 Å². The fourth-order valence-electron chi connectivity index (χ4n) is 1.98. The van der Waals surface area contributed by atoms with E-state index in [0.29, 0.717) is 24.5 Å². The van der Waals surface area contributed by atoms with Crippen LogP contribution in [0.5, 0.6) is 0 Å². The highest BCUT2D eigenvalue weighted by Gasteiger charge is 2.21. The monoisotopic (exact) mass is 284 g/mol. The van der Waals surface area contributed by atoms with E-state index in [1.54, 1.807) is 4.57 Å². The fraction of sp³-hybridized carbons (Fsp3) is 0.385. The molecule has 1 aromatic heterocycles. The lowest BCUT2D eigenvalue weighted by Crippen LogP contribution is -2.13. The molecular formula is C13H15F3N4. The Kier molecular flexibility index (Phi) is 4.08. The van der Waals surface area contributed by atoms with E-state index >= 15 is 0 Å². The molecule has 2 aromatic rings. The van der Waals surface area contributed by atoms with Crippen LogP contribution in [0.1, 0.15) is 19.7 Å². The molecule has 108 valence electrons. The van der Waals surface area contributed by atoms with Crippen molar-refractivity contribution < 1.29 is 13.2 Å². The molecule has 0 fully saturated rings. The van der Waals surface area contributed by atoms with E-state index in [2.05, 4.69) is 10.2 Å². The Morgan fingerprint density at radius 3 is 2.25 bits per heavy atom. The summed E-state index contributed by atoms with van der Waals surface area (Å²) in [6.45, 7) is 4.46. The maximum absolute atomic E-state index is 13.8. The Morgan fingerprint density at radius 2 is 1.75 bits per heavy atom. The van der Waals surface area contributed by atoms with Crippen LogP contribution in [0.2, 0.25) is 0 Å². The molecule has 0 amide bonds. The standard InChI is InChI=1S/C13H15F3N4/c1-7(2)6-20-11(5-17)18-19-13(20)12-9(15)3-8(14)4-10(12)16/h3-4,7H,5-6,17H2,1-2H3. The number of nitrogens with zero attached hydrogens (tertiary/aromatic N) is 3. The molecule has 4 nitrogen and oxygen atoms in total. The van der Waals surface area contributed by atoms with E-state index in [4.69, 9.17) is 5.73 Å². The van der Waals surface area contributed by atoms with Gasteiger partial charge in [0.25, 0.3) is 0 Å². The SMILES string of the molecule is CC(C)Cn1c(CN)nnc1-c1c(F)cc(F)cc1F. The van der Waals surface area contributed by atoms with Crippen molar-refractivity contribution >= 4 is 0 Å². The quantitative estimate of drug-likeness (QED) is 0.938.